The van der Waals surface area contributed by atoms with Crippen molar-refractivity contribution in [2.24, 2.45) is 0 Å². The molecule has 1 aliphatic heterocycles. The number of anilines is 1. The monoisotopic (exact) mass is 259 g/mol. The highest BCUT2D eigenvalue weighted by Crippen LogP contribution is 2.09. The van der Waals surface area contributed by atoms with E-state index in [1.807, 2.05) is 12.1 Å². The average molecular weight is 259 g/mol. The number of nitrogen functional groups attached to an aromatic ring is 1. The summed E-state index contributed by atoms with van der Waals surface area (Å²) in [6.07, 6.45) is 3.78. The summed E-state index contributed by atoms with van der Waals surface area (Å²) in [4.78, 5) is 24.9. The molecule has 0 bridgehead atoms. The van der Waals surface area contributed by atoms with Crippen molar-refractivity contribution < 1.29 is 9.59 Å². The molecule has 0 saturated carbocycles. The van der Waals surface area contributed by atoms with Gasteiger partial charge in [0.25, 0.3) is 0 Å². The molecule has 100 valence electrons. The second-order valence-corrected chi connectivity index (χ2v) is 4.61. The van der Waals surface area contributed by atoms with Crippen molar-refractivity contribution in [1.29, 1.82) is 0 Å². The Morgan fingerprint density at radius 2 is 2.11 bits per heavy atom. The average Bonchev–Trinajstić information content (AvgIpc) is 2.70. The van der Waals surface area contributed by atoms with E-state index in [0.29, 0.717) is 18.7 Å². The third kappa shape index (κ3) is 3.34. The highest BCUT2D eigenvalue weighted by Gasteiger charge is 2.29. The van der Waals surface area contributed by atoms with E-state index >= 15 is 0 Å². The lowest BCUT2D eigenvalue weighted by Crippen LogP contribution is -2.39. The van der Waals surface area contributed by atoms with Crippen LogP contribution >= 0.6 is 0 Å². The van der Waals surface area contributed by atoms with Gasteiger partial charge in [-0.3, -0.25) is 9.59 Å². The van der Waals surface area contributed by atoms with Crippen molar-refractivity contribution in [3.63, 3.8) is 0 Å². The van der Waals surface area contributed by atoms with Gasteiger partial charge in [0.05, 0.1) is 0 Å². The summed E-state index contributed by atoms with van der Waals surface area (Å²) in [7, 11) is 1.73. The van der Waals surface area contributed by atoms with Crippen molar-refractivity contribution in [2.75, 3.05) is 19.3 Å². The van der Waals surface area contributed by atoms with E-state index in [-0.39, 0.29) is 11.8 Å². The Balaban J connectivity index is 1.91. The van der Waals surface area contributed by atoms with Gasteiger partial charge in [0.2, 0.25) is 11.8 Å². The molecular formula is C14H17N3O2. The standard InChI is InChI=1S/C14H17N3O2/c1-17-9-8-12(14(17)19)16-13(18)7-4-10-2-5-11(15)6-3-10/h2-7,12H,8-9,15H2,1H3,(H,16,18)/b7-4+. The quantitative estimate of drug-likeness (QED) is 0.617. The molecule has 5 nitrogen and oxygen atoms in total. The van der Waals surface area contributed by atoms with Crippen molar-refractivity contribution in [2.45, 2.75) is 12.5 Å². The highest BCUT2D eigenvalue weighted by atomic mass is 16.2. The largest absolute Gasteiger partial charge is 0.399 e. The molecule has 1 saturated heterocycles. The van der Waals surface area contributed by atoms with Gasteiger partial charge >= 0.3 is 0 Å². The van der Waals surface area contributed by atoms with Crippen LogP contribution in [0.2, 0.25) is 0 Å². The van der Waals surface area contributed by atoms with Crippen LogP contribution in [0.1, 0.15) is 12.0 Å². The maximum absolute atomic E-state index is 11.7. The van der Waals surface area contributed by atoms with Crippen LogP contribution in [0.25, 0.3) is 6.08 Å². The lowest BCUT2D eigenvalue weighted by molar-refractivity contribution is -0.130. The molecule has 1 fully saturated rings. The molecule has 0 aromatic heterocycles. The predicted molar refractivity (Wildman–Crippen MR) is 74.1 cm³/mol. The number of carbonyl (C=O) groups is 2. The number of rotatable bonds is 3. The molecule has 19 heavy (non-hydrogen) atoms. The van der Waals surface area contributed by atoms with Crippen LogP contribution in [0.4, 0.5) is 5.69 Å². The number of likely N-dealkylation sites (N-methyl/N-ethyl adjacent to an activating group) is 1. The fraction of sp³-hybridized carbons (Fsp3) is 0.286. The number of nitrogens with two attached hydrogens (primary N) is 1. The predicted octanol–water partition coefficient (Wildman–Crippen LogP) is 0.629. The normalized spacial score (nSPS) is 19.1. The summed E-state index contributed by atoms with van der Waals surface area (Å²) in [6.45, 7) is 0.686. The lowest BCUT2D eigenvalue weighted by Gasteiger charge is -2.10. The molecule has 1 atom stereocenters. The maximum Gasteiger partial charge on any atom is 0.244 e. The number of benzene rings is 1. The molecule has 2 rings (SSSR count). The zero-order valence-corrected chi connectivity index (χ0v) is 10.8. The Labute approximate surface area is 112 Å². The molecule has 1 aliphatic rings. The van der Waals surface area contributed by atoms with E-state index in [2.05, 4.69) is 5.32 Å². The maximum atomic E-state index is 11.7. The molecule has 1 heterocycles. The summed E-state index contributed by atoms with van der Waals surface area (Å²) in [6, 6.07) is 6.80. The van der Waals surface area contributed by atoms with Crippen molar-refractivity contribution in [3.05, 3.63) is 35.9 Å². The Kier molecular flexibility index (Phi) is 3.85. The number of nitrogens with one attached hydrogen (secondary N) is 1. The van der Waals surface area contributed by atoms with Gasteiger partial charge in [0.1, 0.15) is 6.04 Å². The third-order valence-electron chi connectivity index (χ3n) is 3.11. The number of amides is 2. The fourth-order valence-corrected chi connectivity index (χ4v) is 1.96. The Morgan fingerprint density at radius 1 is 1.42 bits per heavy atom. The zero-order chi connectivity index (χ0) is 13.8. The van der Waals surface area contributed by atoms with Gasteiger partial charge in [-0.15, -0.1) is 0 Å². The van der Waals surface area contributed by atoms with Crippen LogP contribution < -0.4 is 11.1 Å². The van der Waals surface area contributed by atoms with Crippen molar-refractivity contribution in [1.82, 2.24) is 10.2 Å². The van der Waals surface area contributed by atoms with Gasteiger partial charge in [-0.2, -0.15) is 0 Å². The number of nitrogens with zero attached hydrogens (tertiary/aromatic N) is 1. The van der Waals surface area contributed by atoms with Gasteiger partial charge in [-0.05, 0) is 30.2 Å². The number of hydrogen-bond donors (Lipinski definition) is 2. The van der Waals surface area contributed by atoms with Crippen molar-refractivity contribution in [3.8, 4) is 0 Å². The van der Waals surface area contributed by atoms with Crippen LogP contribution in [0.3, 0.4) is 0 Å². The number of carbonyl (C=O) groups excluding carboxylic acids is 2. The second-order valence-electron chi connectivity index (χ2n) is 4.61. The number of hydrogen-bond acceptors (Lipinski definition) is 3. The van der Waals surface area contributed by atoms with Crippen LogP contribution in [-0.2, 0) is 9.59 Å². The minimum Gasteiger partial charge on any atom is -0.399 e. The Hall–Kier alpha value is -2.30. The summed E-state index contributed by atoms with van der Waals surface area (Å²) in [5.41, 5.74) is 7.14. The first-order valence-corrected chi connectivity index (χ1v) is 6.15. The summed E-state index contributed by atoms with van der Waals surface area (Å²) in [5, 5.41) is 2.70. The smallest absolute Gasteiger partial charge is 0.244 e. The summed E-state index contributed by atoms with van der Waals surface area (Å²) < 4.78 is 0. The zero-order valence-electron chi connectivity index (χ0n) is 10.8. The molecule has 0 radical (unpaired) electrons. The van der Waals surface area contributed by atoms with E-state index in [4.69, 9.17) is 5.73 Å². The van der Waals surface area contributed by atoms with Crippen LogP contribution in [0.5, 0.6) is 0 Å². The first-order chi connectivity index (χ1) is 9.06. The van der Waals surface area contributed by atoms with Crippen LogP contribution in [-0.4, -0.2) is 36.3 Å². The topological polar surface area (TPSA) is 75.4 Å². The van der Waals surface area contributed by atoms with Gasteiger partial charge in [-0.25, -0.2) is 0 Å². The second kappa shape index (κ2) is 5.56. The fourth-order valence-electron chi connectivity index (χ4n) is 1.96. The van der Waals surface area contributed by atoms with E-state index < -0.39 is 6.04 Å². The van der Waals surface area contributed by atoms with E-state index in [0.717, 1.165) is 5.56 Å². The molecule has 5 heteroatoms. The van der Waals surface area contributed by atoms with Gasteiger partial charge in [0, 0.05) is 25.4 Å². The van der Waals surface area contributed by atoms with Crippen molar-refractivity contribution >= 4 is 23.6 Å². The minimum absolute atomic E-state index is 0.0331. The molecule has 0 aliphatic carbocycles. The summed E-state index contributed by atoms with van der Waals surface area (Å²) >= 11 is 0. The van der Waals surface area contributed by atoms with E-state index in [9.17, 15) is 9.59 Å². The SMILES string of the molecule is CN1CCC(NC(=O)/C=C/c2ccc(N)cc2)C1=O. The molecule has 3 N–H and O–H groups in total. The lowest BCUT2D eigenvalue weighted by atomic mass is 10.2. The molecule has 1 aromatic rings. The van der Waals surface area contributed by atoms with E-state index in [1.54, 1.807) is 30.2 Å². The molecule has 0 spiro atoms. The molecular weight excluding hydrogens is 242 g/mol. The molecule has 2 amide bonds. The van der Waals surface area contributed by atoms with Gasteiger partial charge in [-0.1, -0.05) is 12.1 Å². The first-order valence-electron chi connectivity index (χ1n) is 6.15. The number of likely N-dealkylation sites (tertiary alicyclic amines) is 1. The van der Waals surface area contributed by atoms with Crippen LogP contribution in [0, 0.1) is 0 Å². The highest BCUT2D eigenvalue weighted by molar-refractivity contribution is 5.96. The summed E-state index contributed by atoms with van der Waals surface area (Å²) in [5.74, 6) is -0.292. The van der Waals surface area contributed by atoms with Gasteiger partial charge < -0.3 is 16.0 Å². The molecule has 1 unspecified atom stereocenters. The Morgan fingerprint density at radius 3 is 2.68 bits per heavy atom. The van der Waals surface area contributed by atoms with E-state index in [1.165, 1.54) is 6.08 Å². The third-order valence-corrected chi connectivity index (χ3v) is 3.11. The first kappa shape index (κ1) is 13.1. The van der Waals surface area contributed by atoms with Gasteiger partial charge in [0.15, 0.2) is 0 Å². The molecule has 1 aromatic carbocycles. The Bertz CT molecular complexity index is 508. The van der Waals surface area contributed by atoms with Crippen LogP contribution in [0.15, 0.2) is 30.3 Å². The minimum atomic E-state index is -0.395.